The Balaban J connectivity index is 2.28. The van der Waals surface area contributed by atoms with Gasteiger partial charge in [0.25, 0.3) is 0 Å². The van der Waals surface area contributed by atoms with E-state index in [2.05, 4.69) is 17.0 Å². The van der Waals surface area contributed by atoms with E-state index in [0.29, 0.717) is 0 Å². The van der Waals surface area contributed by atoms with Crippen molar-refractivity contribution in [3.8, 4) is 5.75 Å². The maximum atomic E-state index is 5.77. The van der Waals surface area contributed by atoms with Crippen molar-refractivity contribution in [2.45, 2.75) is 13.8 Å². The van der Waals surface area contributed by atoms with Crippen molar-refractivity contribution in [1.29, 1.82) is 0 Å². The predicted octanol–water partition coefficient (Wildman–Crippen LogP) is 2.35. The van der Waals surface area contributed by atoms with E-state index in [1.54, 1.807) is 0 Å². The van der Waals surface area contributed by atoms with E-state index in [9.17, 15) is 0 Å². The Kier molecular flexibility index (Phi) is 2.02. The summed E-state index contributed by atoms with van der Waals surface area (Å²) in [6.45, 7) is 6.76. The molecule has 1 aliphatic heterocycles. The number of aryl methyl sites for hydroxylation is 1. The number of hydrogen-bond acceptors (Lipinski definition) is 4. The van der Waals surface area contributed by atoms with Gasteiger partial charge in [0.05, 0.1) is 23.3 Å². The number of ether oxygens (including phenoxy) is 1. The molecule has 0 N–H and O–H groups in total. The normalized spacial score (nSPS) is 15.0. The first kappa shape index (κ1) is 9.51. The van der Waals surface area contributed by atoms with Gasteiger partial charge in [0.15, 0.2) is 11.3 Å². The highest BCUT2D eigenvalue weighted by Gasteiger charge is 2.22. The first-order valence-corrected chi connectivity index (χ1v) is 5.58. The topological polar surface area (TPSA) is 38.5 Å². The van der Waals surface area contributed by atoms with Gasteiger partial charge in [-0.05, 0) is 26.0 Å². The van der Waals surface area contributed by atoms with Crippen LogP contribution in [0.5, 0.6) is 5.75 Å². The van der Waals surface area contributed by atoms with Crippen molar-refractivity contribution in [3.63, 3.8) is 0 Å². The minimum Gasteiger partial charge on any atom is -0.489 e. The predicted molar refractivity (Wildman–Crippen MR) is 62.1 cm³/mol. The van der Waals surface area contributed by atoms with Crippen molar-refractivity contribution in [3.05, 3.63) is 17.8 Å². The van der Waals surface area contributed by atoms with Gasteiger partial charge >= 0.3 is 0 Å². The molecule has 0 amide bonds. The third-order valence-electron chi connectivity index (χ3n) is 3.07. The number of fused-ring (bicyclic) bond motifs is 3. The Labute approximate surface area is 93.8 Å². The number of rotatable bonds is 1. The first-order chi connectivity index (χ1) is 7.81. The zero-order valence-electron chi connectivity index (χ0n) is 9.49. The lowest BCUT2D eigenvalue weighted by Crippen LogP contribution is -2.32. The lowest BCUT2D eigenvalue weighted by Gasteiger charge is -2.30. The maximum Gasteiger partial charge on any atom is 0.171 e. The molecule has 1 aromatic heterocycles. The second-order valence-corrected chi connectivity index (χ2v) is 3.98. The highest BCUT2D eigenvalue weighted by Crippen LogP contribution is 2.39. The zero-order valence-corrected chi connectivity index (χ0v) is 9.49. The third-order valence-corrected chi connectivity index (χ3v) is 3.07. The van der Waals surface area contributed by atoms with Gasteiger partial charge in [-0.25, -0.2) is 0 Å². The fraction of sp³-hybridized carbons (Fsp3) is 0.417. The molecule has 1 aliphatic rings. The van der Waals surface area contributed by atoms with Gasteiger partial charge in [-0.1, -0.05) is 5.16 Å². The monoisotopic (exact) mass is 218 g/mol. The molecule has 1 aromatic carbocycles. The molecule has 0 unspecified atom stereocenters. The molecule has 3 rings (SSSR count). The lowest BCUT2D eigenvalue weighted by atomic mass is 10.1. The smallest absolute Gasteiger partial charge is 0.171 e. The Morgan fingerprint density at radius 3 is 3.12 bits per heavy atom. The number of anilines is 1. The van der Waals surface area contributed by atoms with E-state index >= 15 is 0 Å². The average molecular weight is 218 g/mol. The van der Waals surface area contributed by atoms with Crippen molar-refractivity contribution >= 4 is 16.7 Å². The Bertz CT molecular complexity index is 533. The Morgan fingerprint density at radius 1 is 1.44 bits per heavy atom. The van der Waals surface area contributed by atoms with Gasteiger partial charge in [0.1, 0.15) is 6.61 Å². The fourth-order valence-electron chi connectivity index (χ4n) is 2.24. The summed E-state index contributed by atoms with van der Waals surface area (Å²) in [6.07, 6.45) is 0. The van der Waals surface area contributed by atoms with Crippen molar-refractivity contribution < 1.29 is 9.26 Å². The molecule has 4 nitrogen and oxygen atoms in total. The molecule has 2 aromatic rings. The summed E-state index contributed by atoms with van der Waals surface area (Å²) in [5.74, 6) is 0.921. The highest BCUT2D eigenvalue weighted by atomic mass is 16.5. The van der Waals surface area contributed by atoms with Crippen LogP contribution in [0.15, 0.2) is 16.7 Å². The van der Waals surface area contributed by atoms with E-state index in [0.717, 1.165) is 47.8 Å². The second kappa shape index (κ2) is 3.40. The summed E-state index contributed by atoms with van der Waals surface area (Å²) in [5, 5.41) is 4.99. The van der Waals surface area contributed by atoms with Crippen LogP contribution in [-0.4, -0.2) is 24.9 Å². The largest absolute Gasteiger partial charge is 0.489 e. The molecule has 0 bridgehead atoms. The number of aromatic nitrogens is 1. The van der Waals surface area contributed by atoms with Crippen LogP contribution in [0, 0.1) is 6.92 Å². The molecule has 0 atom stereocenters. The average Bonchev–Trinajstić information content (AvgIpc) is 2.70. The summed E-state index contributed by atoms with van der Waals surface area (Å²) in [5.41, 5.74) is 2.84. The summed E-state index contributed by atoms with van der Waals surface area (Å²) < 4.78 is 11.0. The van der Waals surface area contributed by atoms with E-state index < -0.39 is 0 Å². The van der Waals surface area contributed by atoms with Crippen LogP contribution in [0.3, 0.4) is 0 Å². The Morgan fingerprint density at radius 2 is 2.31 bits per heavy atom. The summed E-state index contributed by atoms with van der Waals surface area (Å²) >= 11 is 0. The molecule has 0 saturated carbocycles. The fourth-order valence-corrected chi connectivity index (χ4v) is 2.24. The number of benzene rings is 1. The number of hydrogen-bond donors (Lipinski definition) is 0. The first-order valence-electron chi connectivity index (χ1n) is 5.58. The van der Waals surface area contributed by atoms with E-state index in [-0.39, 0.29) is 0 Å². The minimum atomic E-state index is 0.727. The highest BCUT2D eigenvalue weighted by molar-refractivity contribution is 5.92. The quantitative estimate of drug-likeness (QED) is 0.736. The SMILES string of the molecule is CCN1CCOc2c1ccc1onc(C)c21. The molecule has 0 fully saturated rings. The van der Waals surface area contributed by atoms with E-state index in [4.69, 9.17) is 9.26 Å². The maximum absolute atomic E-state index is 5.77. The molecular formula is C12H14N2O2. The molecule has 84 valence electrons. The molecular weight excluding hydrogens is 204 g/mol. The summed E-state index contributed by atoms with van der Waals surface area (Å²) in [6, 6.07) is 4.01. The molecule has 2 heterocycles. The summed E-state index contributed by atoms with van der Waals surface area (Å²) in [4.78, 5) is 2.31. The van der Waals surface area contributed by atoms with Gasteiger partial charge in [-0.15, -0.1) is 0 Å². The van der Waals surface area contributed by atoms with Crippen LogP contribution in [0.1, 0.15) is 12.6 Å². The standard InChI is InChI=1S/C12H14N2O2/c1-3-14-6-7-15-12-9(14)4-5-10-11(12)8(2)13-16-10/h4-5H,3,6-7H2,1-2H3. The van der Waals surface area contributed by atoms with Crippen LogP contribution in [0.25, 0.3) is 11.0 Å². The van der Waals surface area contributed by atoms with E-state index in [1.807, 2.05) is 19.1 Å². The van der Waals surface area contributed by atoms with Gasteiger partial charge in [0, 0.05) is 6.54 Å². The van der Waals surface area contributed by atoms with Gasteiger partial charge < -0.3 is 14.2 Å². The van der Waals surface area contributed by atoms with Crippen molar-refractivity contribution in [1.82, 2.24) is 5.16 Å². The van der Waals surface area contributed by atoms with Gasteiger partial charge in [-0.2, -0.15) is 0 Å². The summed E-state index contributed by atoms with van der Waals surface area (Å²) in [7, 11) is 0. The number of nitrogens with zero attached hydrogens (tertiary/aromatic N) is 2. The van der Waals surface area contributed by atoms with Crippen LogP contribution >= 0.6 is 0 Å². The van der Waals surface area contributed by atoms with Crippen molar-refractivity contribution in [2.24, 2.45) is 0 Å². The molecule has 0 spiro atoms. The zero-order chi connectivity index (χ0) is 11.1. The third kappa shape index (κ3) is 1.19. The van der Waals surface area contributed by atoms with E-state index in [1.165, 1.54) is 0 Å². The van der Waals surface area contributed by atoms with Crippen LogP contribution < -0.4 is 9.64 Å². The molecule has 0 radical (unpaired) electrons. The second-order valence-electron chi connectivity index (χ2n) is 3.98. The van der Waals surface area contributed by atoms with Crippen molar-refractivity contribution in [2.75, 3.05) is 24.6 Å². The van der Waals surface area contributed by atoms with Crippen LogP contribution in [0.4, 0.5) is 5.69 Å². The Hall–Kier alpha value is -1.71. The molecule has 0 saturated heterocycles. The van der Waals surface area contributed by atoms with Gasteiger partial charge in [0.2, 0.25) is 0 Å². The lowest BCUT2D eigenvalue weighted by molar-refractivity contribution is 0.312. The minimum absolute atomic E-state index is 0.727. The molecule has 4 heteroatoms. The molecule has 16 heavy (non-hydrogen) atoms. The van der Waals surface area contributed by atoms with Crippen LogP contribution in [-0.2, 0) is 0 Å². The molecule has 0 aliphatic carbocycles. The van der Waals surface area contributed by atoms with Crippen LogP contribution in [0.2, 0.25) is 0 Å². The van der Waals surface area contributed by atoms with Gasteiger partial charge in [-0.3, -0.25) is 0 Å². The number of likely N-dealkylation sites (N-methyl/N-ethyl adjacent to an activating group) is 1.